The summed E-state index contributed by atoms with van der Waals surface area (Å²) in [5.41, 5.74) is 4.23. The Morgan fingerprint density at radius 2 is 1.88 bits per heavy atom. The minimum absolute atomic E-state index is 0.159. The van der Waals surface area contributed by atoms with Crippen molar-refractivity contribution in [3.63, 3.8) is 0 Å². The van der Waals surface area contributed by atoms with E-state index in [4.69, 9.17) is 4.74 Å². The molecule has 32 heavy (non-hydrogen) atoms. The van der Waals surface area contributed by atoms with Gasteiger partial charge in [-0.3, -0.25) is 4.79 Å². The van der Waals surface area contributed by atoms with E-state index in [1.54, 1.807) is 6.07 Å². The lowest BCUT2D eigenvalue weighted by Crippen LogP contribution is -2.21. The maximum atomic E-state index is 13.0. The number of ether oxygens (including phenoxy) is 1. The molecule has 0 aliphatic carbocycles. The number of nitriles is 1. The van der Waals surface area contributed by atoms with E-state index in [2.05, 4.69) is 49.7 Å². The van der Waals surface area contributed by atoms with Crippen molar-refractivity contribution in [2.45, 2.75) is 13.5 Å². The standard InChI is InChI=1S/C25H17BrIN3O2/c1-16-21(25(31)30(29-16)20-9-3-2-4-10-20)11-17-12-22(26)24(23(27)13-17)32-15-19-8-6-5-7-18(19)14-28/h2-13H,15H2,1H3/b21-11+. The quantitative estimate of drug-likeness (QED) is 0.256. The van der Waals surface area contributed by atoms with Crippen LogP contribution in [0.3, 0.4) is 0 Å². The van der Waals surface area contributed by atoms with Gasteiger partial charge in [-0.15, -0.1) is 0 Å². The number of para-hydroxylation sites is 1. The fourth-order valence-electron chi connectivity index (χ4n) is 3.30. The number of amides is 1. The minimum Gasteiger partial charge on any atom is -0.487 e. The van der Waals surface area contributed by atoms with E-state index in [-0.39, 0.29) is 12.5 Å². The van der Waals surface area contributed by atoms with E-state index >= 15 is 0 Å². The average Bonchev–Trinajstić information content (AvgIpc) is 3.07. The van der Waals surface area contributed by atoms with E-state index in [1.807, 2.05) is 73.7 Å². The number of nitrogens with zero attached hydrogens (tertiary/aromatic N) is 3. The summed E-state index contributed by atoms with van der Waals surface area (Å²) in [4.78, 5) is 13.0. The lowest BCUT2D eigenvalue weighted by Gasteiger charge is -2.13. The second-order valence-corrected chi connectivity index (χ2v) is 9.08. The zero-order chi connectivity index (χ0) is 22.7. The Hall–Kier alpha value is -2.96. The van der Waals surface area contributed by atoms with Crippen molar-refractivity contribution in [1.29, 1.82) is 5.26 Å². The molecule has 0 radical (unpaired) electrons. The third-order valence-corrected chi connectivity index (χ3v) is 6.30. The van der Waals surface area contributed by atoms with Gasteiger partial charge in [0.05, 0.1) is 36.6 Å². The molecule has 0 spiro atoms. The second kappa shape index (κ2) is 9.67. The molecule has 3 aromatic carbocycles. The van der Waals surface area contributed by atoms with Crippen molar-refractivity contribution in [3.8, 4) is 11.8 Å². The second-order valence-electron chi connectivity index (χ2n) is 7.07. The van der Waals surface area contributed by atoms with Crippen molar-refractivity contribution in [3.05, 3.63) is 97.0 Å². The van der Waals surface area contributed by atoms with Crippen LogP contribution in [-0.4, -0.2) is 11.6 Å². The molecule has 3 aromatic rings. The first-order valence-electron chi connectivity index (χ1n) is 9.74. The molecule has 0 aromatic heterocycles. The molecule has 1 heterocycles. The van der Waals surface area contributed by atoms with Crippen LogP contribution < -0.4 is 9.75 Å². The maximum Gasteiger partial charge on any atom is 0.280 e. The normalized spacial score (nSPS) is 14.4. The highest BCUT2D eigenvalue weighted by Gasteiger charge is 2.28. The third kappa shape index (κ3) is 4.61. The third-order valence-electron chi connectivity index (χ3n) is 4.90. The van der Waals surface area contributed by atoms with Crippen LogP contribution >= 0.6 is 38.5 Å². The van der Waals surface area contributed by atoms with Crippen LogP contribution in [0, 0.1) is 14.9 Å². The zero-order valence-electron chi connectivity index (χ0n) is 17.0. The lowest BCUT2D eigenvalue weighted by molar-refractivity contribution is -0.114. The predicted molar refractivity (Wildman–Crippen MR) is 137 cm³/mol. The van der Waals surface area contributed by atoms with Crippen molar-refractivity contribution >= 4 is 61.9 Å². The molecule has 4 rings (SSSR count). The van der Waals surface area contributed by atoms with E-state index in [1.165, 1.54) is 5.01 Å². The van der Waals surface area contributed by atoms with Gasteiger partial charge in [0, 0.05) is 5.56 Å². The summed E-state index contributed by atoms with van der Waals surface area (Å²) < 4.78 is 7.67. The van der Waals surface area contributed by atoms with Gasteiger partial charge in [-0.05, 0) is 87.4 Å². The van der Waals surface area contributed by atoms with Crippen LogP contribution in [-0.2, 0) is 11.4 Å². The number of hydrogen-bond acceptors (Lipinski definition) is 4. The van der Waals surface area contributed by atoms with E-state index in [9.17, 15) is 10.1 Å². The topological polar surface area (TPSA) is 65.7 Å². The molecule has 7 heteroatoms. The number of carbonyl (C=O) groups is 1. The van der Waals surface area contributed by atoms with Gasteiger partial charge in [0.1, 0.15) is 12.4 Å². The fourth-order valence-corrected chi connectivity index (χ4v) is 5.07. The van der Waals surface area contributed by atoms with Crippen LogP contribution in [0.4, 0.5) is 5.69 Å². The molecule has 1 amide bonds. The number of halogens is 2. The van der Waals surface area contributed by atoms with Gasteiger partial charge >= 0.3 is 0 Å². The highest BCUT2D eigenvalue weighted by atomic mass is 127. The van der Waals surface area contributed by atoms with E-state index in [0.717, 1.165) is 24.9 Å². The summed E-state index contributed by atoms with van der Waals surface area (Å²) in [5, 5.41) is 15.1. The highest BCUT2D eigenvalue weighted by molar-refractivity contribution is 14.1. The Kier molecular flexibility index (Phi) is 6.72. The van der Waals surface area contributed by atoms with Crippen molar-refractivity contribution in [1.82, 2.24) is 0 Å². The highest BCUT2D eigenvalue weighted by Crippen LogP contribution is 2.34. The zero-order valence-corrected chi connectivity index (χ0v) is 20.8. The van der Waals surface area contributed by atoms with Crippen LogP contribution in [0.2, 0.25) is 0 Å². The van der Waals surface area contributed by atoms with Crippen LogP contribution in [0.1, 0.15) is 23.6 Å². The Balaban J connectivity index is 1.57. The Bertz CT molecular complexity index is 1270. The molecule has 158 valence electrons. The lowest BCUT2D eigenvalue weighted by atomic mass is 10.1. The first-order chi connectivity index (χ1) is 15.5. The SMILES string of the molecule is CC1=NN(c2ccccc2)C(=O)/C1=C/c1cc(Br)c(OCc2ccccc2C#N)c(I)c1. The van der Waals surface area contributed by atoms with Crippen LogP contribution in [0.25, 0.3) is 6.08 Å². The van der Waals surface area contributed by atoms with E-state index in [0.29, 0.717) is 22.6 Å². The summed E-state index contributed by atoms with van der Waals surface area (Å²) in [6, 6.07) is 22.8. The Labute approximate surface area is 208 Å². The summed E-state index contributed by atoms with van der Waals surface area (Å²) in [7, 11) is 0. The van der Waals surface area contributed by atoms with Crippen LogP contribution in [0.5, 0.6) is 5.75 Å². The van der Waals surface area contributed by atoms with Crippen molar-refractivity contribution in [2.24, 2.45) is 5.10 Å². The first-order valence-corrected chi connectivity index (χ1v) is 11.6. The summed E-state index contributed by atoms with van der Waals surface area (Å²) in [6.07, 6.45) is 1.84. The summed E-state index contributed by atoms with van der Waals surface area (Å²) >= 11 is 5.79. The molecule has 0 saturated carbocycles. The van der Waals surface area contributed by atoms with Gasteiger partial charge < -0.3 is 4.74 Å². The van der Waals surface area contributed by atoms with Gasteiger partial charge in [-0.2, -0.15) is 15.4 Å². The van der Waals surface area contributed by atoms with Gasteiger partial charge in [-0.25, -0.2) is 0 Å². The largest absolute Gasteiger partial charge is 0.487 e. The monoisotopic (exact) mass is 597 g/mol. The molecule has 0 fully saturated rings. The first kappa shape index (κ1) is 22.2. The summed E-state index contributed by atoms with van der Waals surface area (Å²) in [5.74, 6) is 0.530. The van der Waals surface area contributed by atoms with Gasteiger partial charge in [0.25, 0.3) is 5.91 Å². The molecule has 0 saturated heterocycles. The molecular formula is C25H17BrIN3O2. The minimum atomic E-state index is -0.159. The number of rotatable bonds is 5. The Morgan fingerprint density at radius 1 is 1.16 bits per heavy atom. The van der Waals surface area contributed by atoms with Crippen molar-refractivity contribution < 1.29 is 9.53 Å². The predicted octanol–water partition coefficient (Wildman–Crippen LogP) is 6.31. The fraction of sp³-hybridized carbons (Fsp3) is 0.0800. The number of hydrogen-bond donors (Lipinski definition) is 0. The molecule has 1 aliphatic heterocycles. The van der Waals surface area contributed by atoms with Gasteiger partial charge in [0.2, 0.25) is 0 Å². The summed E-state index contributed by atoms with van der Waals surface area (Å²) in [6.45, 7) is 2.12. The molecule has 0 unspecified atom stereocenters. The molecule has 0 bridgehead atoms. The maximum absolute atomic E-state index is 13.0. The number of carbonyl (C=O) groups excluding carboxylic acids is 1. The molecular weight excluding hydrogens is 581 g/mol. The molecule has 0 N–H and O–H groups in total. The smallest absolute Gasteiger partial charge is 0.280 e. The van der Waals surface area contributed by atoms with Gasteiger partial charge in [0.15, 0.2) is 0 Å². The van der Waals surface area contributed by atoms with Crippen LogP contribution in [0.15, 0.2) is 81.9 Å². The van der Waals surface area contributed by atoms with Gasteiger partial charge in [-0.1, -0.05) is 36.4 Å². The Morgan fingerprint density at radius 3 is 2.59 bits per heavy atom. The number of hydrazone groups is 1. The van der Waals surface area contributed by atoms with E-state index < -0.39 is 0 Å². The molecule has 1 aliphatic rings. The molecule has 5 nitrogen and oxygen atoms in total. The molecule has 0 atom stereocenters. The van der Waals surface area contributed by atoms with Crippen molar-refractivity contribution in [2.75, 3.05) is 5.01 Å². The average molecular weight is 598 g/mol. The number of anilines is 1. The number of benzene rings is 3.